The number of ether oxygens (including phenoxy) is 9. The Morgan fingerprint density at radius 3 is 2.37 bits per heavy atom. The number of aliphatic hydroxyl groups is 3. The van der Waals surface area contributed by atoms with Crippen molar-refractivity contribution in [1.29, 1.82) is 0 Å². The number of Topliss-reactive ketones (excluding diaryl/α,β-unsaturated/α-hetero) is 1. The summed E-state index contributed by atoms with van der Waals surface area (Å²) in [6, 6.07) is 0. The zero-order chi connectivity index (χ0) is 44.9. The van der Waals surface area contributed by atoms with E-state index >= 15 is 0 Å². The van der Waals surface area contributed by atoms with Crippen LogP contribution < -0.4 is 0 Å². The number of carbonyl (C=O) groups is 3. The standard InChI is InChI=1S/C47H68O16/c1-25-9-10-31-33(21-36(56-31)47(54)38(49)27(3)13-19-55-47)57-40(51)28(4)30-8-7-14-45(58-30)16-11-32(59-45)39(50)43(6)23-29(48)37(62-43)34-24-44(41(52)53)17-18-46(60-34,63-44)35-12-15-42(5,61-35)22-26(2)20-25/h9-10,20,26-28,30-39,49-50,54H,7-8,11-19,21-24H2,1-6H3,(H,52,53)/b10-9+,25-20+/t26-,27+,28+,30-,31+,32-,33+,34+,35+,36-,37+,38+,39-,42+,43+,44-,45+,46-,47+/m0/s1. The molecule has 10 bridgehead atoms. The van der Waals surface area contributed by atoms with Gasteiger partial charge in [0.25, 0.3) is 0 Å². The Bertz CT molecular complexity index is 1860. The molecule has 0 aromatic heterocycles. The van der Waals surface area contributed by atoms with Crippen molar-refractivity contribution in [2.75, 3.05) is 6.61 Å². The molecular weight excluding hydrogens is 821 g/mol. The van der Waals surface area contributed by atoms with Crippen LogP contribution in [-0.2, 0) is 57.0 Å². The van der Waals surface area contributed by atoms with E-state index in [0.29, 0.717) is 57.8 Å². The van der Waals surface area contributed by atoms with E-state index in [2.05, 4.69) is 13.0 Å². The molecule has 4 N–H and O–H groups in total. The molecule has 9 aliphatic rings. The van der Waals surface area contributed by atoms with Gasteiger partial charge in [-0.05, 0) is 90.9 Å². The summed E-state index contributed by atoms with van der Waals surface area (Å²) in [5.74, 6) is -7.29. The number of aliphatic carboxylic acids is 1. The fraction of sp³-hybridized carbons (Fsp3) is 0.851. The minimum Gasteiger partial charge on any atom is -0.479 e. The summed E-state index contributed by atoms with van der Waals surface area (Å²) in [7, 11) is 0. The van der Waals surface area contributed by atoms with Crippen LogP contribution in [0.15, 0.2) is 23.8 Å². The summed E-state index contributed by atoms with van der Waals surface area (Å²) < 4.78 is 58.2. The maximum Gasteiger partial charge on any atom is 0.336 e. The van der Waals surface area contributed by atoms with Crippen LogP contribution in [0.5, 0.6) is 0 Å². The molecule has 16 nitrogen and oxygen atoms in total. The molecule has 0 saturated carbocycles. The molecule has 352 valence electrons. The van der Waals surface area contributed by atoms with Gasteiger partial charge >= 0.3 is 11.9 Å². The third-order valence-corrected chi connectivity index (χ3v) is 16.0. The highest BCUT2D eigenvalue weighted by atomic mass is 16.8. The number of aliphatic hydroxyl groups excluding tert-OH is 2. The van der Waals surface area contributed by atoms with Crippen LogP contribution in [0.3, 0.4) is 0 Å². The predicted molar refractivity (Wildman–Crippen MR) is 220 cm³/mol. The molecule has 0 amide bonds. The van der Waals surface area contributed by atoms with Gasteiger partial charge < -0.3 is 63.1 Å². The highest BCUT2D eigenvalue weighted by molar-refractivity contribution is 5.87. The molecule has 0 aromatic rings. The zero-order valence-electron chi connectivity index (χ0n) is 37.5. The quantitative estimate of drug-likeness (QED) is 0.284. The molecule has 16 heteroatoms. The third kappa shape index (κ3) is 8.18. The van der Waals surface area contributed by atoms with Crippen LogP contribution >= 0.6 is 0 Å². The van der Waals surface area contributed by atoms with Crippen LogP contribution in [-0.4, -0.2) is 140 Å². The van der Waals surface area contributed by atoms with Crippen molar-refractivity contribution in [3.63, 3.8) is 0 Å². The predicted octanol–water partition coefficient (Wildman–Crippen LogP) is 4.32. The number of ketones is 1. The summed E-state index contributed by atoms with van der Waals surface area (Å²) in [6.07, 6.45) is 2.32. The van der Waals surface area contributed by atoms with Crippen molar-refractivity contribution >= 4 is 17.7 Å². The van der Waals surface area contributed by atoms with E-state index in [1.165, 1.54) is 0 Å². The lowest BCUT2D eigenvalue weighted by molar-refractivity contribution is -0.358. The van der Waals surface area contributed by atoms with Crippen molar-refractivity contribution < 1.29 is 77.4 Å². The van der Waals surface area contributed by atoms with E-state index in [1.807, 2.05) is 32.9 Å². The molecule has 0 unspecified atom stereocenters. The van der Waals surface area contributed by atoms with E-state index < -0.39 is 113 Å². The second kappa shape index (κ2) is 16.5. The lowest BCUT2D eigenvalue weighted by atomic mass is 9.87. The van der Waals surface area contributed by atoms with Gasteiger partial charge in [-0.3, -0.25) is 9.59 Å². The Labute approximate surface area is 369 Å². The van der Waals surface area contributed by atoms with Gasteiger partial charge in [0.15, 0.2) is 23.0 Å². The number of rotatable bonds is 2. The van der Waals surface area contributed by atoms with Gasteiger partial charge in [0.2, 0.25) is 5.79 Å². The minimum absolute atomic E-state index is 0.0310. The van der Waals surface area contributed by atoms with Gasteiger partial charge in [0.05, 0.1) is 36.4 Å². The summed E-state index contributed by atoms with van der Waals surface area (Å²) in [4.78, 5) is 40.9. The highest BCUT2D eigenvalue weighted by Crippen LogP contribution is 2.55. The largest absolute Gasteiger partial charge is 0.479 e. The molecule has 0 radical (unpaired) electrons. The molecule has 0 aliphatic carbocycles. The van der Waals surface area contributed by atoms with E-state index in [9.17, 15) is 34.8 Å². The first-order valence-corrected chi connectivity index (χ1v) is 23.5. The monoisotopic (exact) mass is 888 g/mol. The van der Waals surface area contributed by atoms with Crippen molar-refractivity contribution in [3.8, 4) is 0 Å². The van der Waals surface area contributed by atoms with Gasteiger partial charge in [-0.15, -0.1) is 0 Å². The second-order valence-electron chi connectivity index (χ2n) is 21.1. The average Bonchev–Trinajstić information content (AvgIpc) is 4.06. The molecule has 19 atom stereocenters. The van der Waals surface area contributed by atoms with Gasteiger partial charge in [0.1, 0.15) is 48.3 Å². The molecule has 63 heavy (non-hydrogen) atoms. The second-order valence-corrected chi connectivity index (χ2v) is 21.1. The Morgan fingerprint density at radius 1 is 0.810 bits per heavy atom. The average molecular weight is 889 g/mol. The fourth-order valence-electron chi connectivity index (χ4n) is 12.5. The molecule has 8 saturated heterocycles. The Hall–Kier alpha value is -2.35. The van der Waals surface area contributed by atoms with Crippen molar-refractivity contribution in [3.05, 3.63) is 23.8 Å². The zero-order valence-corrected chi connectivity index (χ0v) is 37.5. The summed E-state index contributed by atoms with van der Waals surface area (Å²) in [6.45, 7) is 11.6. The van der Waals surface area contributed by atoms with Crippen LogP contribution in [0.1, 0.15) is 131 Å². The van der Waals surface area contributed by atoms with Gasteiger partial charge in [-0.25, -0.2) is 4.79 Å². The Morgan fingerprint density at radius 2 is 1.59 bits per heavy atom. The first-order valence-electron chi connectivity index (χ1n) is 23.5. The first-order chi connectivity index (χ1) is 29.7. The van der Waals surface area contributed by atoms with Crippen LogP contribution in [0, 0.1) is 17.8 Å². The topological polar surface area (TPSA) is 215 Å². The number of allylic oxidation sites excluding steroid dienone is 3. The van der Waals surface area contributed by atoms with Crippen molar-refractivity contribution in [2.45, 2.75) is 227 Å². The molecule has 9 heterocycles. The van der Waals surface area contributed by atoms with Crippen LogP contribution in [0.4, 0.5) is 0 Å². The lowest BCUT2D eigenvalue weighted by Gasteiger charge is -2.46. The first kappa shape index (κ1) is 45.8. The number of hydrogen-bond acceptors (Lipinski definition) is 15. The summed E-state index contributed by atoms with van der Waals surface area (Å²) >= 11 is 0. The minimum atomic E-state index is -1.99. The van der Waals surface area contributed by atoms with Gasteiger partial charge in [0, 0.05) is 38.5 Å². The Balaban J connectivity index is 1.01. The van der Waals surface area contributed by atoms with Crippen LogP contribution in [0.2, 0.25) is 0 Å². The summed E-state index contributed by atoms with van der Waals surface area (Å²) in [5.41, 5.74) is -2.63. The molecule has 9 aliphatic heterocycles. The summed E-state index contributed by atoms with van der Waals surface area (Å²) in [5, 5.41) is 45.4. The molecule has 8 fully saturated rings. The highest BCUT2D eigenvalue weighted by Gasteiger charge is 2.68. The number of carboxylic acid groups (broad SMARTS) is 1. The number of carbonyl (C=O) groups excluding carboxylic acids is 2. The van der Waals surface area contributed by atoms with E-state index in [1.54, 1.807) is 13.8 Å². The van der Waals surface area contributed by atoms with Crippen molar-refractivity contribution in [1.82, 2.24) is 0 Å². The SMILES string of the molecule is CC1=C\[C@H](C)C[C@@]2(C)CC[C@@H](O2)[C@@]23CC[C@@](C(=O)O)(C[C@@H](O2)[C@@H]2O[C@](C)(CC2=O)[C@@H](O)[C@@H]2CC[C@@]4(CCC[C@H](O4)[C@@H](C)C(=O)O[C@@H]4C[C@@H]([C@@]5(O)OCC[C@@H](C)[C@H]5O)O[C@@H]4\C=C\1)O2)O3. The molecule has 2 spiro atoms. The number of carboxylic acids is 1. The van der Waals surface area contributed by atoms with Crippen molar-refractivity contribution in [2.24, 2.45) is 17.8 Å². The molecule has 0 aromatic carbocycles. The smallest absolute Gasteiger partial charge is 0.336 e. The maximum atomic E-state index is 14.1. The van der Waals surface area contributed by atoms with E-state index in [4.69, 9.17) is 42.6 Å². The molecular formula is C47H68O16. The Kier molecular flexibility index (Phi) is 12.0. The normalized spacial score (nSPS) is 54.2. The van der Waals surface area contributed by atoms with E-state index in [0.717, 1.165) is 5.57 Å². The number of hydrogen-bond donors (Lipinski definition) is 4. The van der Waals surface area contributed by atoms with Crippen LogP contribution in [0.25, 0.3) is 0 Å². The third-order valence-electron chi connectivity index (χ3n) is 16.0. The fourth-order valence-corrected chi connectivity index (χ4v) is 12.5. The van der Waals surface area contributed by atoms with E-state index in [-0.39, 0.29) is 56.3 Å². The maximum absolute atomic E-state index is 14.1. The molecule has 9 rings (SSSR count). The number of esters is 1. The number of fused-ring (bicyclic) bond motifs is 10. The van der Waals surface area contributed by atoms with Gasteiger partial charge in [-0.1, -0.05) is 37.6 Å². The van der Waals surface area contributed by atoms with Gasteiger partial charge in [-0.2, -0.15) is 0 Å². The lowest BCUT2D eigenvalue weighted by Crippen LogP contribution is -2.60.